The van der Waals surface area contributed by atoms with Crippen molar-refractivity contribution in [3.63, 3.8) is 0 Å². The van der Waals surface area contributed by atoms with Crippen molar-refractivity contribution in [1.82, 2.24) is 4.98 Å². The minimum atomic E-state index is -3.75. The van der Waals surface area contributed by atoms with Gasteiger partial charge in [-0.15, -0.1) is 11.3 Å². The molecule has 0 amide bonds. The molecule has 0 saturated heterocycles. The maximum atomic E-state index is 12.2. The van der Waals surface area contributed by atoms with Gasteiger partial charge >= 0.3 is 5.97 Å². The van der Waals surface area contributed by atoms with Crippen molar-refractivity contribution in [1.29, 1.82) is 0 Å². The maximum Gasteiger partial charge on any atom is 0.360 e. The molecule has 10 heteroatoms. The smallest absolute Gasteiger partial charge is 0.360 e. The first-order chi connectivity index (χ1) is 10.8. The highest BCUT2D eigenvalue weighted by Crippen LogP contribution is 2.26. The summed E-state index contributed by atoms with van der Waals surface area (Å²) in [6, 6.07) is 4.56. The minimum Gasteiger partial charge on any atom is -0.461 e. The lowest BCUT2D eigenvalue weighted by molar-refractivity contribution is 0.0521. The second-order valence-electron chi connectivity index (χ2n) is 4.36. The van der Waals surface area contributed by atoms with Crippen LogP contribution in [0.1, 0.15) is 23.0 Å². The van der Waals surface area contributed by atoms with Crippen LogP contribution in [0.4, 0.5) is 5.00 Å². The third kappa shape index (κ3) is 4.81. The van der Waals surface area contributed by atoms with Crippen molar-refractivity contribution in [3.05, 3.63) is 45.0 Å². The molecule has 2 rings (SSSR count). The summed E-state index contributed by atoms with van der Waals surface area (Å²) in [6.07, 6.45) is 0. The van der Waals surface area contributed by atoms with E-state index >= 15 is 0 Å². The summed E-state index contributed by atoms with van der Waals surface area (Å²) >= 11 is 12.7. The van der Waals surface area contributed by atoms with Gasteiger partial charge in [0.05, 0.1) is 27.9 Å². The molecule has 23 heavy (non-hydrogen) atoms. The number of thiazole rings is 1. The Bertz CT molecular complexity index is 821. The predicted octanol–water partition coefficient (Wildman–Crippen LogP) is 3.57. The van der Waals surface area contributed by atoms with E-state index < -0.39 is 16.0 Å². The van der Waals surface area contributed by atoms with Gasteiger partial charge in [-0.3, -0.25) is 4.72 Å². The van der Waals surface area contributed by atoms with E-state index in [-0.39, 0.29) is 28.1 Å². The number of rotatable bonds is 6. The van der Waals surface area contributed by atoms with E-state index in [1.165, 1.54) is 17.6 Å². The van der Waals surface area contributed by atoms with E-state index in [0.29, 0.717) is 10.6 Å². The molecule has 6 nitrogen and oxygen atoms in total. The summed E-state index contributed by atoms with van der Waals surface area (Å²) in [7, 11) is -3.75. The van der Waals surface area contributed by atoms with Crippen LogP contribution in [0.2, 0.25) is 10.0 Å². The van der Waals surface area contributed by atoms with E-state index in [2.05, 4.69) is 9.71 Å². The van der Waals surface area contributed by atoms with Crippen molar-refractivity contribution < 1.29 is 17.9 Å². The zero-order valence-corrected chi connectivity index (χ0v) is 15.0. The number of carbonyl (C=O) groups excluding carboxylic acids is 1. The average molecular weight is 395 g/mol. The van der Waals surface area contributed by atoms with Crippen molar-refractivity contribution in [3.8, 4) is 0 Å². The molecule has 0 fully saturated rings. The molecule has 1 heterocycles. The Morgan fingerprint density at radius 2 is 2.09 bits per heavy atom. The molecule has 1 aromatic heterocycles. The highest BCUT2D eigenvalue weighted by molar-refractivity contribution is 7.92. The molecule has 0 atom stereocenters. The Balaban J connectivity index is 2.17. The molecule has 1 N–H and O–H groups in total. The van der Waals surface area contributed by atoms with Crippen LogP contribution in [0.3, 0.4) is 0 Å². The molecule has 0 aliphatic carbocycles. The van der Waals surface area contributed by atoms with E-state index in [4.69, 9.17) is 27.9 Å². The third-order valence-corrected chi connectivity index (χ3v) is 5.46. The Labute approximate surface area is 147 Å². The van der Waals surface area contributed by atoms with E-state index in [0.717, 1.165) is 11.3 Å². The van der Waals surface area contributed by atoms with Gasteiger partial charge in [-0.25, -0.2) is 18.2 Å². The summed E-state index contributed by atoms with van der Waals surface area (Å²) < 4.78 is 31.6. The zero-order chi connectivity index (χ0) is 17.0. The van der Waals surface area contributed by atoms with Crippen LogP contribution in [0.5, 0.6) is 0 Å². The number of benzene rings is 1. The van der Waals surface area contributed by atoms with Gasteiger partial charge in [0.2, 0.25) is 10.0 Å². The molecule has 0 aliphatic rings. The van der Waals surface area contributed by atoms with Gasteiger partial charge < -0.3 is 4.74 Å². The predicted molar refractivity (Wildman–Crippen MR) is 90.8 cm³/mol. The second-order valence-corrected chi connectivity index (χ2v) is 7.75. The summed E-state index contributed by atoms with van der Waals surface area (Å²) in [5.41, 5.74) is 1.77. The molecule has 124 valence electrons. The Morgan fingerprint density at radius 1 is 1.35 bits per heavy atom. The summed E-state index contributed by atoms with van der Waals surface area (Å²) in [4.78, 5) is 15.5. The normalized spacial score (nSPS) is 11.3. The summed E-state index contributed by atoms with van der Waals surface area (Å²) in [5.74, 6) is -0.995. The second kappa shape index (κ2) is 7.48. The van der Waals surface area contributed by atoms with Crippen LogP contribution in [0.25, 0.3) is 0 Å². The number of sulfonamides is 1. The lowest BCUT2D eigenvalue weighted by Gasteiger charge is -2.08. The number of nitrogens with one attached hydrogen (secondary N) is 1. The number of anilines is 1. The Kier molecular flexibility index (Phi) is 5.85. The minimum absolute atomic E-state index is 0.0606. The fourth-order valence-electron chi connectivity index (χ4n) is 1.69. The monoisotopic (exact) mass is 394 g/mol. The number of carbonyl (C=O) groups is 1. The van der Waals surface area contributed by atoms with Crippen LogP contribution in [0.15, 0.2) is 23.7 Å². The summed E-state index contributed by atoms with van der Waals surface area (Å²) in [6.45, 7) is 1.82. The van der Waals surface area contributed by atoms with Crippen molar-refractivity contribution >= 4 is 55.5 Å². The maximum absolute atomic E-state index is 12.2. The van der Waals surface area contributed by atoms with Gasteiger partial charge in [-0.05, 0) is 24.6 Å². The lowest BCUT2D eigenvalue weighted by atomic mass is 10.2. The fraction of sp³-hybridized carbons (Fsp3) is 0.231. The van der Waals surface area contributed by atoms with Crippen molar-refractivity contribution in [2.24, 2.45) is 0 Å². The first-order valence-electron chi connectivity index (χ1n) is 6.37. The van der Waals surface area contributed by atoms with Gasteiger partial charge in [0.1, 0.15) is 5.00 Å². The topological polar surface area (TPSA) is 85.4 Å². The van der Waals surface area contributed by atoms with Crippen LogP contribution in [-0.2, 0) is 20.5 Å². The van der Waals surface area contributed by atoms with Crippen molar-refractivity contribution in [2.75, 3.05) is 11.3 Å². The molecule has 0 unspecified atom stereocenters. The number of hydrogen-bond donors (Lipinski definition) is 1. The molecule has 0 radical (unpaired) electrons. The van der Waals surface area contributed by atoms with Crippen LogP contribution in [0, 0.1) is 0 Å². The first-order valence-corrected chi connectivity index (χ1v) is 9.66. The molecule has 0 aliphatic heterocycles. The number of aromatic nitrogens is 1. The largest absolute Gasteiger partial charge is 0.461 e. The van der Waals surface area contributed by atoms with Crippen LogP contribution >= 0.6 is 34.5 Å². The van der Waals surface area contributed by atoms with Gasteiger partial charge in [0.25, 0.3) is 0 Å². The van der Waals surface area contributed by atoms with E-state index in [9.17, 15) is 13.2 Å². The van der Waals surface area contributed by atoms with Gasteiger partial charge in [0, 0.05) is 0 Å². The van der Waals surface area contributed by atoms with Crippen LogP contribution < -0.4 is 4.72 Å². The Hall–Kier alpha value is -1.35. The highest BCUT2D eigenvalue weighted by Gasteiger charge is 2.21. The number of halogens is 2. The molecule has 0 saturated carbocycles. The van der Waals surface area contributed by atoms with Crippen molar-refractivity contribution in [2.45, 2.75) is 12.7 Å². The molecule has 1 aromatic carbocycles. The zero-order valence-electron chi connectivity index (χ0n) is 11.9. The van der Waals surface area contributed by atoms with E-state index in [1.54, 1.807) is 13.0 Å². The lowest BCUT2D eigenvalue weighted by Crippen LogP contribution is -2.17. The van der Waals surface area contributed by atoms with Gasteiger partial charge in [0.15, 0.2) is 5.69 Å². The number of nitrogens with zero attached hydrogens (tertiary/aromatic N) is 1. The van der Waals surface area contributed by atoms with E-state index in [1.807, 2.05) is 0 Å². The molecular weight excluding hydrogens is 383 g/mol. The molecule has 0 bridgehead atoms. The Morgan fingerprint density at radius 3 is 2.74 bits per heavy atom. The van der Waals surface area contributed by atoms with Gasteiger partial charge in [-0.1, -0.05) is 29.3 Å². The summed E-state index contributed by atoms with van der Waals surface area (Å²) in [5, 5.41) is 0.723. The molecule has 0 spiro atoms. The molecular formula is C13H12Cl2N2O4S2. The number of hydrogen-bond acceptors (Lipinski definition) is 6. The first kappa shape index (κ1) is 18.0. The third-order valence-electron chi connectivity index (χ3n) is 2.63. The SMILES string of the molecule is CCOC(=O)c1ncsc1NS(=O)(=O)Cc1ccc(Cl)c(Cl)c1. The quantitative estimate of drug-likeness (QED) is 0.756. The molecule has 2 aromatic rings. The number of ether oxygens (including phenoxy) is 1. The van der Waals surface area contributed by atoms with Crippen LogP contribution in [-0.4, -0.2) is 26.0 Å². The van der Waals surface area contributed by atoms with Gasteiger partial charge in [-0.2, -0.15) is 0 Å². The fourth-order valence-corrected chi connectivity index (χ4v) is 4.16. The highest BCUT2D eigenvalue weighted by atomic mass is 35.5. The average Bonchev–Trinajstić information content (AvgIpc) is 2.90. The standard InChI is InChI=1S/C13H12Cl2N2O4S2/c1-2-21-13(18)11-12(22-7-16-11)17-23(19,20)6-8-3-4-9(14)10(15)5-8/h3-5,7,17H,2,6H2,1H3. The number of esters is 1.